The van der Waals surface area contributed by atoms with Gasteiger partial charge in [0.25, 0.3) is 0 Å². The lowest BCUT2D eigenvalue weighted by Gasteiger charge is -2.33. The van der Waals surface area contributed by atoms with Gasteiger partial charge < -0.3 is 5.32 Å². The molecule has 1 N–H and O–H groups in total. The first-order valence-electron chi connectivity index (χ1n) is 7.05. The van der Waals surface area contributed by atoms with Gasteiger partial charge in [-0.15, -0.1) is 11.8 Å². The average Bonchev–Trinajstić information content (AvgIpc) is 2.44. The summed E-state index contributed by atoms with van der Waals surface area (Å²) >= 11 is 1.67. The standard InChI is InChI=1S/C15H20F3NS/c16-15(17,18)13-8-4-5-9-14(13)19-10-11-20-12-6-2-1-3-7-12/h1-3,6-7,13-14,19H,4-5,8-11H2. The van der Waals surface area contributed by atoms with Crippen LogP contribution in [0.1, 0.15) is 25.7 Å². The molecule has 0 bridgehead atoms. The predicted octanol–water partition coefficient (Wildman–Crippen LogP) is 4.49. The number of rotatable bonds is 5. The highest BCUT2D eigenvalue weighted by molar-refractivity contribution is 7.99. The molecule has 112 valence electrons. The Hall–Kier alpha value is -0.680. The molecule has 1 nitrogen and oxygen atoms in total. The lowest BCUT2D eigenvalue weighted by molar-refractivity contribution is -0.188. The zero-order valence-corrected chi connectivity index (χ0v) is 12.1. The van der Waals surface area contributed by atoms with Crippen molar-refractivity contribution in [1.29, 1.82) is 0 Å². The van der Waals surface area contributed by atoms with Crippen molar-refractivity contribution in [2.75, 3.05) is 12.3 Å². The van der Waals surface area contributed by atoms with Gasteiger partial charge in [-0.05, 0) is 25.0 Å². The van der Waals surface area contributed by atoms with E-state index in [0.29, 0.717) is 19.4 Å². The average molecular weight is 303 g/mol. The zero-order valence-electron chi connectivity index (χ0n) is 11.3. The molecule has 1 aromatic rings. The van der Waals surface area contributed by atoms with Crippen LogP contribution in [0.4, 0.5) is 13.2 Å². The van der Waals surface area contributed by atoms with Crippen molar-refractivity contribution < 1.29 is 13.2 Å². The number of nitrogens with one attached hydrogen (secondary N) is 1. The zero-order chi connectivity index (χ0) is 14.4. The summed E-state index contributed by atoms with van der Waals surface area (Å²) in [5, 5.41) is 3.11. The van der Waals surface area contributed by atoms with Crippen LogP contribution in [0.5, 0.6) is 0 Å². The van der Waals surface area contributed by atoms with Gasteiger partial charge in [0.15, 0.2) is 0 Å². The topological polar surface area (TPSA) is 12.0 Å². The summed E-state index contributed by atoms with van der Waals surface area (Å²) in [7, 11) is 0. The van der Waals surface area contributed by atoms with Crippen LogP contribution in [-0.4, -0.2) is 24.5 Å². The molecular weight excluding hydrogens is 283 g/mol. The maximum absolute atomic E-state index is 12.9. The van der Waals surface area contributed by atoms with Gasteiger partial charge in [0.2, 0.25) is 0 Å². The van der Waals surface area contributed by atoms with E-state index < -0.39 is 18.1 Å². The second-order valence-corrected chi connectivity index (χ2v) is 6.32. The van der Waals surface area contributed by atoms with Crippen LogP contribution in [-0.2, 0) is 0 Å². The highest BCUT2D eigenvalue weighted by atomic mass is 32.2. The summed E-state index contributed by atoms with van der Waals surface area (Å²) in [6.45, 7) is 0.622. The van der Waals surface area contributed by atoms with Crippen LogP contribution >= 0.6 is 11.8 Å². The number of halogens is 3. The van der Waals surface area contributed by atoms with E-state index in [4.69, 9.17) is 0 Å². The molecule has 5 heteroatoms. The third-order valence-corrected chi connectivity index (χ3v) is 4.72. The van der Waals surface area contributed by atoms with E-state index in [1.807, 2.05) is 30.3 Å². The second-order valence-electron chi connectivity index (χ2n) is 5.15. The van der Waals surface area contributed by atoms with E-state index >= 15 is 0 Å². The Balaban J connectivity index is 1.74. The third kappa shape index (κ3) is 4.70. The first-order valence-corrected chi connectivity index (χ1v) is 8.04. The molecule has 1 aliphatic rings. The van der Waals surface area contributed by atoms with Gasteiger partial charge in [-0.2, -0.15) is 13.2 Å². The van der Waals surface area contributed by atoms with Crippen LogP contribution in [0, 0.1) is 5.92 Å². The molecule has 1 aliphatic carbocycles. The maximum Gasteiger partial charge on any atom is 0.393 e. The van der Waals surface area contributed by atoms with Crippen molar-refractivity contribution in [2.45, 2.75) is 42.8 Å². The summed E-state index contributed by atoms with van der Waals surface area (Å²) in [5.41, 5.74) is 0. The van der Waals surface area contributed by atoms with E-state index in [1.54, 1.807) is 11.8 Å². The maximum atomic E-state index is 12.9. The monoisotopic (exact) mass is 303 g/mol. The predicted molar refractivity (Wildman–Crippen MR) is 77.0 cm³/mol. The lowest BCUT2D eigenvalue weighted by Crippen LogP contribution is -2.46. The molecule has 2 rings (SSSR count). The van der Waals surface area contributed by atoms with Crippen LogP contribution in [0.2, 0.25) is 0 Å². The van der Waals surface area contributed by atoms with Crippen molar-refractivity contribution >= 4 is 11.8 Å². The fraction of sp³-hybridized carbons (Fsp3) is 0.600. The Morgan fingerprint density at radius 2 is 1.80 bits per heavy atom. The number of thioether (sulfide) groups is 1. The number of alkyl halides is 3. The molecule has 0 aliphatic heterocycles. The lowest BCUT2D eigenvalue weighted by atomic mass is 9.84. The Morgan fingerprint density at radius 1 is 1.10 bits per heavy atom. The van der Waals surface area contributed by atoms with E-state index in [-0.39, 0.29) is 6.42 Å². The minimum atomic E-state index is -4.06. The normalized spacial score (nSPS) is 23.8. The molecule has 0 amide bonds. The highest BCUT2D eigenvalue weighted by Crippen LogP contribution is 2.37. The molecular formula is C15H20F3NS. The van der Waals surface area contributed by atoms with Gasteiger partial charge in [-0.1, -0.05) is 31.0 Å². The van der Waals surface area contributed by atoms with Gasteiger partial charge in [-0.25, -0.2) is 0 Å². The quantitative estimate of drug-likeness (QED) is 0.635. The minimum absolute atomic E-state index is 0.271. The smallest absolute Gasteiger partial charge is 0.313 e. The van der Waals surface area contributed by atoms with Gasteiger partial charge in [-0.3, -0.25) is 0 Å². The molecule has 20 heavy (non-hydrogen) atoms. The Morgan fingerprint density at radius 3 is 2.50 bits per heavy atom. The largest absolute Gasteiger partial charge is 0.393 e. The summed E-state index contributed by atoms with van der Waals surface area (Å²) in [5.74, 6) is -0.372. The second kappa shape index (κ2) is 7.36. The molecule has 0 aromatic heterocycles. The summed E-state index contributed by atoms with van der Waals surface area (Å²) in [6, 6.07) is 9.53. The first-order chi connectivity index (χ1) is 9.57. The van der Waals surface area contributed by atoms with Crippen molar-refractivity contribution in [3.63, 3.8) is 0 Å². The van der Waals surface area contributed by atoms with E-state index in [0.717, 1.165) is 17.1 Å². The summed E-state index contributed by atoms with van der Waals surface area (Å²) < 4.78 is 38.8. The molecule has 0 saturated heterocycles. The van der Waals surface area contributed by atoms with E-state index in [2.05, 4.69) is 5.32 Å². The van der Waals surface area contributed by atoms with Gasteiger partial charge in [0.1, 0.15) is 0 Å². The minimum Gasteiger partial charge on any atom is -0.313 e. The van der Waals surface area contributed by atoms with Crippen molar-refractivity contribution in [2.24, 2.45) is 5.92 Å². The summed E-state index contributed by atoms with van der Waals surface area (Å²) in [6.07, 6.45) is -1.56. The molecule has 0 spiro atoms. The van der Waals surface area contributed by atoms with Gasteiger partial charge >= 0.3 is 6.18 Å². The number of hydrogen-bond acceptors (Lipinski definition) is 2. The molecule has 1 aromatic carbocycles. The SMILES string of the molecule is FC(F)(F)C1CCCCC1NCCSc1ccccc1. The number of benzene rings is 1. The third-order valence-electron chi connectivity index (χ3n) is 3.71. The van der Waals surface area contributed by atoms with Gasteiger partial charge in [0.05, 0.1) is 5.92 Å². The molecule has 2 unspecified atom stereocenters. The van der Waals surface area contributed by atoms with Crippen molar-refractivity contribution in [3.05, 3.63) is 30.3 Å². The van der Waals surface area contributed by atoms with Crippen LogP contribution in [0.3, 0.4) is 0 Å². The Labute approximate surface area is 122 Å². The van der Waals surface area contributed by atoms with Crippen LogP contribution in [0.15, 0.2) is 35.2 Å². The van der Waals surface area contributed by atoms with E-state index in [9.17, 15) is 13.2 Å². The molecule has 2 atom stereocenters. The van der Waals surface area contributed by atoms with Crippen LogP contribution in [0.25, 0.3) is 0 Å². The molecule has 0 radical (unpaired) electrons. The molecule has 1 fully saturated rings. The van der Waals surface area contributed by atoms with Crippen molar-refractivity contribution in [3.8, 4) is 0 Å². The number of hydrogen-bond donors (Lipinski definition) is 1. The van der Waals surface area contributed by atoms with Crippen molar-refractivity contribution in [1.82, 2.24) is 5.32 Å². The first kappa shape index (κ1) is 15.7. The fourth-order valence-electron chi connectivity index (χ4n) is 2.70. The molecule has 0 heterocycles. The van der Waals surface area contributed by atoms with E-state index in [1.165, 1.54) is 0 Å². The molecule has 1 saturated carbocycles. The summed E-state index contributed by atoms with van der Waals surface area (Å²) in [4.78, 5) is 1.16. The fourth-order valence-corrected chi connectivity index (χ4v) is 3.50. The highest BCUT2D eigenvalue weighted by Gasteiger charge is 2.45. The Kier molecular flexibility index (Phi) is 5.78. The Bertz CT molecular complexity index is 394. The van der Waals surface area contributed by atoms with Gasteiger partial charge in [0, 0.05) is 23.2 Å². The van der Waals surface area contributed by atoms with Crippen LogP contribution < -0.4 is 5.32 Å².